The number of amides is 2. The fraction of sp³-hybridized carbons (Fsp3) is 0.875. The average molecular weight is 328 g/mol. The van der Waals surface area contributed by atoms with Crippen LogP contribution in [0.1, 0.15) is 33.1 Å². The summed E-state index contributed by atoms with van der Waals surface area (Å²) in [4.78, 5) is 26.0. The van der Waals surface area contributed by atoms with Gasteiger partial charge in [-0.15, -0.1) is 0 Å². The number of carbonyl (C=O) groups is 2. The maximum absolute atomic E-state index is 12.7. The Hall–Kier alpha value is -1.34. The average Bonchev–Trinajstić information content (AvgIpc) is 3.07. The van der Waals surface area contributed by atoms with E-state index in [2.05, 4.69) is 10.1 Å². The van der Waals surface area contributed by atoms with E-state index < -0.39 is 12.1 Å². The molecule has 7 nitrogen and oxygen atoms in total. The Balaban J connectivity index is 1.88. The highest BCUT2D eigenvalue weighted by Gasteiger charge is 2.34. The van der Waals surface area contributed by atoms with Gasteiger partial charge in [0, 0.05) is 19.0 Å². The number of nitrogens with zero attached hydrogens (tertiary/aromatic N) is 1. The molecule has 2 heterocycles. The largest absolute Gasteiger partial charge is 0.453 e. The van der Waals surface area contributed by atoms with Gasteiger partial charge in [-0.2, -0.15) is 0 Å². The molecule has 0 aliphatic carbocycles. The second kappa shape index (κ2) is 8.49. The van der Waals surface area contributed by atoms with Gasteiger partial charge in [0.05, 0.1) is 20.3 Å². The zero-order valence-electron chi connectivity index (χ0n) is 14.2. The lowest BCUT2D eigenvalue weighted by atomic mass is 9.95. The molecule has 2 fully saturated rings. The van der Waals surface area contributed by atoms with E-state index in [0.29, 0.717) is 44.6 Å². The van der Waals surface area contributed by atoms with E-state index in [0.717, 1.165) is 12.8 Å². The number of ether oxygens (including phenoxy) is 3. The van der Waals surface area contributed by atoms with Gasteiger partial charge in [-0.05, 0) is 25.2 Å². The van der Waals surface area contributed by atoms with Crippen LogP contribution in [0.25, 0.3) is 0 Å². The minimum atomic E-state index is -0.563. The Bertz CT molecular complexity index is 401. The topological polar surface area (TPSA) is 77.1 Å². The van der Waals surface area contributed by atoms with E-state index in [1.807, 2.05) is 18.7 Å². The number of methoxy groups -OCH3 is 1. The smallest absolute Gasteiger partial charge is 0.407 e. The van der Waals surface area contributed by atoms with Crippen LogP contribution in [0, 0.1) is 11.8 Å². The van der Waals surface area contributed by atoms with Gasteiger partial charge in [-0.25, -0.2) is 4.79 Å². The highest BCUT2D eigenvalue weighted by molar-refractivity contribution is 5.85. The van der Waals surface area contributed by atoms with Crippen molar-refractivity contribution in [2.75, 3.05) is 33.4 Å². The number of rotatable bonds is 5. The van der Waals surface area contributed by atoms with Crippen molar-refractivity contribution in [3.8, 4) is 0 Å². The van der Waals surface area contributed by atoms with E-state index in [4.69, 9.17) is 9.47 Å². The van der Waals surface area contributed by atoms with Crippen molar-refractivity contribution in [3.05, 3.63) is 0 Å². The molecule has 1 N–H and O–H groups in total. The van der Waals surface area contributed by atoms with E-state index in [9.17, 15) is 9.59 Å². The number of alkyl carbamates (subject to hydrolysis) is 1. The van der Waals surface area contributed by atoms with Gasteiger partial charge < -0.3 is 24.4 Å². The van der Waals surface area contributed by atoms with Crippen molar-refractivity contribution < 1.29 is 23.8 Å². The Morgan fingerprint density at radius 2 is 1.83 bits per heavy atom. The Morgan fingerprint density at radius 1 is 1.22 bits per heavy atom. The molecule has 0 radical (unpaired) electrons. The lowest BCUT2D eigenvalue weighted by Gasteiger charge is -2.36. The van der Waals surface area contributed by atoms with Crippen molar-refractivity contribution in [3.63, 3.8) is 0 Å². The number of likely N-dealkylation sites (tertiary alicyclic amines) is 1. The number of piperidine rings is 1. The second-order valence-corrected chi connectivity index (χ2v) is 6.59. The summed E-state index contributed by atoms with van der Waals surface area (Å²) < 4.78 is 15.7. The Morgan fingerprint density at radius 3 is 2.35 bits per heavy atom. The minimum absolute atomic E-state index is 0.0317. The van der Waals surface area contributed by atoms with E-state index in [-0.39, 0.29) is 12.2 Å². The van der Waals surface area contributed by atoms with Crippen molar-refractivity contribution in [1.82, 2.24) is 10.2 Å². The summed E-state index contributed by atoms with van der Waals surface area (Å²) in [7, 11) is 1.30. The monoisotopic (exact) mass is 328 g/mol. The molecule has 132 valence electrons. The van der Waals surface area contributed by atoms with Crippen LogP contribution in [-0.2, 0) is 19.0 Å². The highest BCUT2D eigenvalue weighted by atomic mass is 16.7. The van der Waals surface area contributed by atoms with Crippen molar-refractivity contribution in [1.29, 1.82) is 0 Å². The molecule has 0 aromatic carbocycles. The molecule has 7 heteroatoms. The molecule has 0 aromatic heterocycles. The van der Waals surface area contributed by atoms with Gasteiger partial charge in [0.15, 0.2) is 6.29 Å². The predicted molar refractivity (Wildman–Crippen MR) is 83.8 cm³/mol. The fourth-order valence-corrected chi connectivity index (χ4v) is 3.16. The lowest BCUT2D eigenvalue weighted by Crippen LogP contribution is -2.51. The SMILES string of the molecule is COC(=O)NC(CC(C)C)C(=O)N1CCC(C2OCCO2)CC1. The van der Waals surface area contributed by atoms with Crippen LogP contribution in [0.3, 0.4) is 0 Å². The first-order valence-electron chi connectivity index (χ1n) is 8.37. The first-order chi connectivity index (χ1) is 11.0. The molecular formula is C16H28N2O5. The molecule has 2 amide bonds. The molecule has 0 bridgehead atoms. The molecule has 0 aromatic rings. The number of carbonyl (C=O) groups excluding carboxylic acids is 2. The summed E-state index contributed by atoms with van der Waals surface area (Å²) in [6.07, 6.45) is 1.65. The zero-order chi connectivity index (χ0) is 16.8. The van der Waals surface area contributed by atoms with Gasteiger partial charge in [0.1, 0.15) is 6.04 Å². The molecular weight excluding hydrogens is 300 g/mol. The van der Waals surface area contributed by atoms with Crippen LogP contribution in [0.4, 0.5) is 4.79 Å². The predicted octanol–water partition coefficient (Wildman–Crippen LogP) is 1.37. The van der Waals surface area contributed by atoms with Gasteiger partial charge in [-0.3, -0.25) is 4.79 Å². The minimum Gasteiger partial charge on any atom is -0.453 e. The standard InChI is InChI=1S/C16H28N2O5/c1-11(2)10-13(17-16(20)21-3)14(19)18-6-4-12(5-7-18)15-22-8-9-23-15/h11-13,15H,4-10H2,1-3H3,(H,17,20). The third kappa shape index (κ3) is 5.07. The molecule has 0 spiro atoms. The van der Waals surface area contributed by atoms with Crippen molar-refractivity contribution in [2.45, 2.75) is 45.4 Å². The summed E-state index contributed by atoms with van der Waals surface area (Å²) in [5.74, 6) is 0.619. The van der Waals surface area contributed by atoms with Crippen LogP contribution >= 0.6 is 0 Å². The molecule has 2 saturated heterocycles. The van der Waals surface area contributed by atoms with Gasteiger partial charge >= 0.3 is 6.09 Å². The summed E-state index contributed by atoms with van der Waals surface area (Å²) >= 11 is 0. The lowest BCUT2D eigenvalue weighted by molar-refractivity contribution is -0.139. The van der Waals surface area contributed by atoms with Gasteiger partial charge in [0.25, 0.3) is 0 Å². The normalized spacial score (nSPS) is 21.5. The Labute approximate surface area is 137 Å². The van der Waals surface area contributed by atoms with E-state index >= 15 is 0 Å². The maximum Gasteiger partial charge on any atom is 0.407 e. The maximum atomic E-state index is 12.7. The van der Waals surface area contributed by atoms with Gasteiger partial charge in [0.2, 0.25) is 5.91 Å². The molecule has 2 rings (SSSR count). The quantitative estimate of drug-likeness (QED) is 0.825. The van der Waals surface area contributed by atoms with Crippen LogP contribution < -0.4 is 5.32 Å². The van der Waals surface area contributed by atoms with Crippen LogP contribution in [0.5, 0.6) is 0 Å². The summed E-state index contributed by atoms with van der Waals surface area (Å²) in [5, 5.41) is 2.66. The molecule has 1 atom stereocenters. The molecule has 2 aliphatic rings. The zero-order valence-corrected chi connectivity index (χ0v) is 14.2. The first-order valence-corrected chi connectivity index (χ1v) is 8.37. The van der Waals surface area contributed by atoms with Crippen LogP contribution in [0.2, 0.25) is 0 Å². The molecule has 0 saturated carbocycles. The van der Waals surface area contributed by atoms with Gasteiger partial charge in [-0.1, -0.05) is 13.8 Å². The van der Waals surface area contributed by atoms with Crippen molar-refractivity contribution >= 4 is 12.0 Å². The third-order valence-electron chi connectivity index (χ3n) is 4.37. The van der Waals surface area contributed by atoms with Crippen molar-refractivity contribution in [2.24, 2.45) is 11.8 Å². The molecule has 23 heavy (non-hydrogen) atoms. The van der Waals surface area contributed by atoms with Crippen LogP contribution in [-0.4, -0.2) is 62.6 Å². The summed E-state index contributed by atoms with van der Waals surface area (Å²) in [6.45, 7) is 6.71. The number of hydrogen-bond donors (Lipinski definition) is 1. The van der Waals surface area contributed by atoms with E-state index in [1.54, 1.807) is 0 Å². The first kappa shape index (κ1) is 18.0. The fourth-order valence-electron chi connectivity index (χ4n) is 3.16. The Kier molecular flexibility index (Phi) is 6.65. The van der Waals surface area contributed by atoms with E-state index in [1.165, 1.54) is 7.11 Å². The number of hydrogen-bond acceptors (Lipinski definition) is 5. The molecule has 2 aliphatic heterocycles. The highest BCUT2D eigenvalue weighted by Crippen LogP contribution is 2.26. The summed E-state index contributed by atoms with van der Waals surface area (Å²) in [5.41, 5.74) is 0. The third-order valence-corrected chi connectivity index (χ3v) is 4.37. The number of nitrogens with one attached hydrogen (secondary N) is 1. The summed E-state index contributed by atoms with van der Waals surface area (Å²) in [6, 6.07) is -0.530. The molecule has 1 unspecified atom stereocenters. The van der Waals surface area contributed by atoms with Crippen LogP contribution in [0.15, 0.2) is 0 Å². The second-order valence-electron chi connectivity index (χ2n) is 6.59.